The van der Waals surface area contributed by atoms with Gasteiger partial charge in [0.25, 0.3) is 11.5 Å². The molecule has 1 aromatic heterocycles. The van der Waals surface area contributed by atoms with E-state index in [9.17, 15) is 27.9 Å². The van der Waals surface area contributed by atoms with Crippen molar-refractivity contribution in [2.45, 2.75) is 6.18 Å². The quantitative estimate of drug-likeness (QED) is 0.280. The van der Waals surface area contributed by atoms with E-state index in [2.05, 4.69) is 26.5 Å². The molecule has 0 atom stereocenters. The number of benzene rings is 3. The van der Waals surface area contributed by atoms with Crippen LogP contribution in [0.25, 0.3) is 16.5 Å². The molecule has 0 aliphatic carbocycles. The molecule has 172 valence electrons. The molecule has 2 N–H and O–H groups in total. The molecule has 0 spiro atoms. The van der Waals surface area contributed by atoms with E-state index < -0.39 is 29.1 Å². The minimum atomic E-state index is -4.63. The number of pyridine rings is 1. The van der Waals surface area contributed by atoms with Gasteiger partial charge in [-0.2, -0.15) is 18.3 Å². The first-order valence-corrected chi connectivity index (χ1v) is 10.6. The number of hydrogen-bond donors (Lipinski definition) is 2. The first-order valence-electron chi connectivity index (χ1n) is 9.80. The molecule has 0 aliphatic heterocycles. The molecular formula is C24H15BrF3N3O3. The zero-order valence-electron chi connectivity index (χ0n) is 17.2. The van der Waals surface area contributed by atoms with E-state index in [0.29, 0.717) is 15.4 Å². The zero-order chi connectivity index (χ0) is 24.5. The first kappa shape index (κ1) is 23.2. The van der Waals surface area contributed by atoms with Crippen molar-refractivity contribution in [1.29, 1.82) is 0 Å². The molecule has 0 aliphatic rings. The van der Waals surface area contributed by atoms with E-state index in [1.165, 1.54) is 12.1 Å². The highest BCUT2D eigenvalue weighted by atomic mass is 79.9. The fourth-order valence-corrected chi connectivity index (χ4v) is 3.80. The summed E-state index contributed by atoms with van der Waals surface area (Å²) in [4.78, 5) is 25.4. The molecule has 1 amide bonds. The van der Waals surface area contributed by atoms with Crippen LogP contribution in [0.3, 0.4) is 0 Å². The van der Waals surface area contributed by atoms with Crippen LogP contribution >= 0.6 is 15.9 Å². The van der Waals surface area contributed by atoms with Crippen LogP contribution in [0.15, 0.2) is 87.2 Å². The lowest BCUT2D eigenvalue weighted by atomic mass is 10.1. The molecule has 0 radical (unpaired) electrons. The molecule has 0 saturated carbocycles. The Kier molecular flexibility index (Phi) is 6.25. The van der Waals surface area contributed by atoms with E-state index in [1.54, 1.807) is 42.5 Å². The molecule has 6 nitrogen and oxygen atoms in total. The Labute approximate surface area is 199 Å². The Morgan fingerprint density at radius 2 is 1.71 bits per heavy atom. The highest BCUT2D eigenvalue weighted by Crippen LogP contribution is 2.32. The summed E-state index contributed by atoms with van der Waals surface area (Å²) in [6.45, 7) is 0. The number of halogens is 4. The van der Waals surface area contributed by atoms with Gasteiger partial charge in [0.05, 0.1) is 23.0 Å². The summed E-state index contributed by atoms with van der Waals surface area (Å²) >= 11 is 3.27. The van der Waals surface area contributed by atoms with Gasteiger partial charge in [-0.15, -0.1) is 0 Å². The highest BCUT2D eigenvalue weighted by Gasteiger charge is 2.31. The smallest absolute Gasteiger partial charge is 0.416 e. The van der Waals surface area contributed by atoms with E-state index in [4.69, 9.17) is 0 Å². The number of fused-ring (bicyclic) bond motifs is 1. The Hall–Kier alpha value is -3.92. The summed E-state index contributed by atoms with van der Waals surface area (Å²) < 4.78 is 41.1. The molecule has 3 aromatic carbocycles. The third kappa shape index (κ3) is 4.58. The van der Waals surface area contributed by atoms with Gasteiger partial charge in [0.2, 0.25) is 5.88 Å². The third-order valence-electron chi connectivity index (χ3n) is 4.98. The molecule has 0 fully saturated rings. The maximum Gasteiger partial charge on any atom is 0.416 e. The lowest BCUT2D eigenvalue weighted by molar-refractivity contribution is -0.137. The monoisotopic (exact) mass is 529 g/mol. The standard InChI is InChI=1S/C24H15BrF3N3O3/c25-16-7-3-5-14(11-16)21(32)30-29-13-20-18-9-1-2-10-19(18)22(33)31(23(20)34)17-8-4-6-15(12-17)24(26,27)28/h1-13,34H,(H,30,32)/b29-13-. The average molecular weight is 530 g/mol. The summed E-state index contributed by atoms with van der Waals surface area (Å²) in [6.07, 6.45) is -3.50. The first-order chi connectivity index (χ1) is 16.2. The van der Waals surface area contributed by atoms with Crippen LogP contribution in [-0.4, -0.2) is 21.8 Å². The number of rotatable bonds is 4. The van der Waals surface area contributed by atoms with Crippen LogP contribution in [0, 0.1) is 0 Å². The number of nitrogens with one attached hydrogen (secondary N) is 1. The molecular weight excluding hydrogens is 515 g/mol. The van der Waals surface area contributed by atoms with Crippen LogP contribution in [-0.2, 0) is 6.18 Å². The molecule has 0 bridgehead atoms. The van der Waals surface area contributed by atoms with Crippen LogP contribution in [0.2, 0.25) is 0 Å². The molecule has 1 heterocycles. The van der Waals surface area contributed by atoms with Crippen LogP contribution < -0.4 is 11.0 Å². The van der Waals surface area contributed by atoms with E-state index in [-0.39, 0.29) is 16.6 Å². The largest absolute Gasteiger partial charge is 0.494 e. The summed E-state index contributed by atoms with van der Waals surface area (Å²) in [5.74, 6) is -1.14. The van der Waals surface area contributed by atoms with Gasteiger partial charge >= 0.3 is 6.18 Å². The van der Waals surface area contributed by atoms with Gasteiger partial charge in [0, 0.05) is 20.8 Å². The fraction of sp³-hybridized carbons (Fsp3) is 0.0417. The van der Waals surface area contributed by atoms with E-state index >= 15 is 0 Å². The predicted molar refractivity (Wildman–Crippen MR) is 125 cm³/mol. The molecule has 4 aromatic rings. The van der Waals surface area contributed by atoms with Crippen LogP contribution in [0.1, 0.15) is 21.5 Å². The lowest BCUT2D eigenvalue weighted by Gasteiger charge is -2.15. The lowest BCUT2D eigenvalue weighted by Crippen LogP contribution is -2.21. The fourth-order valence-electron chi connectivity index (χ4n) is 3.40. The van der Waals surface area contributed by atoms with Crippen molar-refractivity contribution < 1.29 is 23.1 Å². The zero-order valence-corrected chi connectivity index (χ0v) is 18.8. The van der Waals surface area contributed by atoms with E-state index in [1.807, 2.05) is 0 Å². The number of carbonyl (C=O) groups excluding carboxylic acids is 1. The second-order valence-electron chi connectivity index (χ2n) is 7.18. The maximum atomic E-state index is 13.2. The number of nitrogens with zero attached hydrogens (tertiary/aromatic N) is 2. The number of hydrogen-bond acceptors (Lipinski definition) is 4. The van der Waals surface area contributed by atoms with Gasteiger partial charge in [-0.3, -0.25) is 9.59 Å². The summed E-state index contributed by atoms with van der Waals surface area (Å²) in [7, 11) is 0. The van der Waals surface area contributed by atoms with Crippen molar-refractivity contribution in [3.05, 3.63) is 104 Å². The van der Waals surface area contributed by atoms with Crippen molar-refractivity contribution in [3.63, 3.8) is 0 Å². The van der Waals surface area contributed by atoms with Gasteiger partial charge in [-0.1, -0.05) is 46.3 Å². The minimum absolute atomic E-state index is 0.0437. The minimum Gasteiger partial charge on any atom is -0.494 e. The molecule has 0 unspecified atom stereocenters. The topological polar surface area (TPSA) is 83.7 Å². The van der Waals surface area contributed by atoms with Gasteiger partial charge in [0.15, 0.2) is 0 Å². The van der Waals surface area contributed by atoms with Gasteiger partial charge in [-0.05, 0) is 42.5 Å². The number of amides is 1. The predicted octanol–water partition coefficient (Wildman–Crippen LogP) is 5.24. The Morgan fingerprint density at radius 1 is 1.00 bits per heavy atom. The van der Waals surface area contributed by atoms with Crippen molar-refractivity contribution in [1.82, 2.24) is 9.99 Å². The van der Waals surface area contributed by atoms with Crippen LogP contribution in [0.5, 0.6) is 5.88 Å². The second kappa shape index (κ2) is 9.14. The number of aromatic hydroxyl groups is 1. The van der Waals surface area contributed by atoms with Gasteiger partial charge < -0.3 is 5.11 Å². The maximum absolute atomic E-state index is 13.2. The van der Waals surface area contributed by atoms with Crippen molar-refractivity contribution in [3.8, 4) is 11.6 Å². The number of hydrazone groups is 1. The van der Waals surface area contributed by atoms with Crippen molar-refractivity contribution >= 4 is 38.8 Å². The van der Waals surface area contributed by atoms with Gasteiger partial charge in [0.1, 0.15) is 0 Å². The summed E-state index contributed by atoms with van der Waals surface area (Å²) in [6, 6.07) is 16.9. The number of carbonyl (C=O) groups is 1. The summed E-state index contributed by atoms with van der Waals surface area (Å²) in [5, 5.41) is 15.3. The molecule has 4 rings (SSSR count). The van der Waals surface area contributed by atoms with Gasteiger partial charge in [-0.25, -0.2) is 9.99 Å². The summed E-state index contributed by atoms with van der Waals surface area (Å²) in [5.41, 5.74) is 0.856. The number of alkyl halides is 3. The van der Waals surface area contributed by atoms with Crippen molar-refractivity contribution in [2.24, 2.45) is 5.10 Å². The SMILES string of the molecule is O=C(N/N=C\c1c(O)n(-c2cccc(C(F)(F)F)c2)c(=O)c2ccccc12)c1cccc(Br)c1. The van der Waals surface area contributed by atoms with Crippen LogP contribution in [0.4, 0.5) is 13.2 Å². The van der Waals surface area contributed by atoms with E-state index in [0.717, 1.165) is 29.0 Å². The Bertz CT molecular complexity index is 1500. The molecule has 10 heteroatoms. The van der Waals surface area contributed by atoms with Crippen molar-refractivity contribution in [2.75, 3.05) is 0 Å². The normalized spacial score (nSPS) is 11.8. The Balaban J connectivity index is 1.81. The Morgan fingerprint density at radius 3 is 2.41 bits per heavy atom. The molecule has 0 saturated heterocycles. The third-order valence-corrected chi connectivity index (χ3v) is 5.47. The average Bonchev–Trinajstić information content (AvgIpc) is 2.81. The highest BCUT2D eigenvalue weighted by molar-refractivity contribution is 9.10. The number of aromatic nitrogens is 1. The molecule has 34 heavy (non-hydrogen) atoms. The second-order valence-corrected chi connectivity index (χ2v) is 8.10.